The summed E-state index contributed by atoms with van der Waals surface area (Å²) >= 11 is 1.62. The number of carbonyl (C=O) groups is 1. The van der Waals surface area contributed by atoms with Gasteiger partial charge in [0.25, 0.3) is 0 Å². The summed E-state index contributed by atoms with van der Waals surface area (Å²) in [5.41, 5.74) is 0. The second-order valence-electron chi connectivity index (χ2n) is 5.47. The zero-order valence-corrected chi connectivity index (χ0v) is 13.3. The molecule has 0 radical (unpaired) electrons. The highest BCUT2D eigenvalue weighted by atomic mass is 32.2. The molecule has 0 saturated carbocycles. The van der Waals surface area contributed by atoms with E-state index in [2.05, 4.69) is 6.92 Å². The number of ether oxygens (including phenoxy) is 1. The van der Waals surface area contributed by atoms with Gasteiger partial charge in [0.15, 0.2) is 0 Å². The highest BCUT2D eigenvalue weighted by molar-refractivity contribution is 8.00. The third-order valence-electron chi connectivity index (χ3n) is 3.69. The van der Waals surface area contributed by atoms with Crippen LogP contribution in [0.4, 0.5) is 0 Å². The van der Waals surface area contributed by atoms with E-state index in [9.17, 15) is 4.79 Å². The van der Waals surface area contributed by atoms with E-state index in [4.69, 9.17) is 4.74 Å². The molecule has 1 aliphatic rings. The average molecular weight is 293 g/mol. The summed E-state index contributed by atoms with van der Waals surface area (Å²) in [6, 6.07) is 7.88. The normalized spacial score (nSPS) is 20.6. The molecule has 1 amide bonds. The molecule has 0 unspecified atom stereocenters. The summed E-state index contributed by atoms with van der Waals surface area (Å²) < 4.78 is 5.14. The van der Waals surface area contributed by atoms with E-state index in [1.165, 1.54) is 6.42 Å². The van der Waals surface area contributed by atoms with Crippen molar-refractivity contribution in [3.8, 4) is 5.75 Å². The van der Waals surface area contributed by atoms with Crippen LogP contribution in [0.3, 0.4) is 0 Å². The SMILES string of the molecule is COc1ccc(S[C@@H](C)C(=O)N2CCC[C@H](C)C2)cc1. The van der Waals surface area contributed by atoms with Gasteiger partial charge in [-0.3, -0.25) is 4.79 Å². The first-order valence-electron chi connectivity index (χ1n) is 7.19. The molecule has 2 atom stereocenters. The molecule has 0 spiro atoms. The topological polar surface area (TPSA) is 29.5 Å². The number of hydrogen-bond donors (Lipinski definition) is 0. The van der Waals surface area contributed by atoms with Crippen LogP contribution in [0, 0.1) is 5.92 Å². The van der Waals surface area contributed by atoms with Gasteiger partial charge in [0, 0.05) is 18.0 Å². The Balaban J connectivity index is 1.92. The first kappa shape index (κ1) is 15.2. The van der Waals surface area contributed by atoms with Crippen molar-refractivity contribution in [2.45, 2.75) is 36.8 Å². The van der Waals surface area contributed by atoms with Gasteiger partial charge in [-0.2, -0.15) is 0 Å². The van der Waals surface area contributed by atoms with Crippen molar-refractivity contribution in [2.75, 3.05) is 20.2 Å². The number of nitrogens with zero attached hydrogens (tertiary/aromatic N) is 1. The van der Waals surface area contributed by atoms with Crippen molar-refractivity contribution in [2.24, 2.45) is 5.92 Å². The Bertz CT molecular complexity index is 446. The Labute approximate surface area is 125 Å². The van der Waals surface area contributed by atoms with Gasteiger partial charge in [-0.1, -0.05) is 6.92 Å². The number of methoxy groups -OCH3 is 1. The second-order valence-corrected chi connectivity index (χ2v) is 6.88. The average Bonchev–Trinajstić information content (AvgIpc) is 2.47. The van der Waals surface area contributed by atoms with Gasteiger partial charge >= 0.3 is 0 Å². The van der Waals surface area contributed by atoms with Crippen molar-refractivity contribution in [3.63, 3.8) is 0 Å². The minimum absolute atomic E-state index is 0.0336. The first-order valence-corrected chi connectivity index (χ1v) is 8.07. The van der Waals surface area contributed by atoms with Crippen LogP contribution >= 0.6 is 11.8 Å². The van der Waals surface area contributed by atoms with Crippen LogP contribution in [0.25, 0.3) is 0 Å². The summed E-state index contributed by atoms with van der Waals surface area (Å²) in [4.78, 5) is 15.6. The van der Waals surface area contributed by atoms with E-state index in [0.717, 1.165) is 30.2 Å². The molecular weight excluding hydrogens is 270 g/mol. The van der Waals surface area contributed by atoms with Crippen molar-refractivity contribution in [1.29, 1.82) is 0 Å². The minimum Gasteiger partial charge on any atom is -0.497 e. The number of piperidine rings is 1. The fraction of sp³-hybridized carbons (Fsp3) is 0.562. The lowest BCUT2D eigenvalue weighted by Crippen LogP contribution is -2.42. The minimum atomic E-state index is -0.0336. The smallest absolute Gasteiger partial charge is 0.235 e. The zero-order valence-electron chi connectivity index (χ0n) is 12.5. The van der Waals surface area contributed by atoms with E-state index in [1.54, 1.807) is 18.9 Å². The molecule has 1 saturated heterocycles. The maximum Gasteiger partial charge on any atom is 0.235 e. The summed E-state index contributed by atoms with van der Waals surface area (Å²) in [6.07, 6.45) is 2.37. The molecule has 1 aliphatic heterocycles. The fourth-order valence-corrected chi connectivity index (χ4v) is 3.51. The van der Waals surface area contributed by atoms with Crippen LogP contribution < -0.4 is 4.74 Å². The van der Waals surface area contributed by atoms with Gasteiger partial charge < -0.3 is 9.64 Å². The molecular formula is C16H23NO2S. The maximum absolute atomic E-state index is 12.5. The highest BCUT2D eigenvalue weighted by Gasteiger charge is 2.25. The summed E-state index contributed by atoms with van der Waals surface area (Å²) in [5.74, 6) is 1.74. The monoisotopic (exact) mass is 293 g/mol. The third-order valence-corrected chi connectivity index (χ3v) is 4.79. The molecule has 4 heteroatoms. The molecule has 1 aromatic carbocycles. The molecule has 1 heterocycles. The first-order chi connectivity index (χ1) is 9.60. The van der Waals surface area contributed by atoms with Crippen LogP contribution in [0.2, 0.25) is 0 Å². The lowest BCUT2D eigenvalue weighted by atomic mass is 10.0. The molecule has 1 fully saturated rings. The highest BCUT2D eigenvalue weighted by Crippen LogP contribution is 2.27. The molecule has 1 aromatic rings. The maximum atomic E-state index is 12.5. The Hall–Kier alpha value is -1.16. The number of hydrogen-bond acceptors (Lipinski definition) is 3. The van der Waals surface area contributed by atoms with E-state index < -0.39 is 0 Å². The molecule has 3 nitrogen and oxygen atoms in total. The van der Waals surface area contributed by atoms with Gasteiger partial charge in [0.2, 0.25) is 5.91 Å². The quantitative estimate of drug-likeness (QED) is 0.797. The van der Waals surface area contributed by atoms with Crippen LogP contribution in [-0.2, 0) is 4.79 Å². The number of carbonyl (C=O) groups excluding carboxylic acids is 1. The van der Waals surface area contributed by atoms with Crippen LogP contribution in [-0.4, -0.2) is 36.3 Å². The van der Waals surface area contributed by atoms with Gasteiger partial charge in [-0.05, 0) is 49.9 Å². The molecule has 2 rings (SSSR count). The Morgan fingerprint density at radius 2 is 2.10 bits per heavy atom. The summed E-state index contributed by atoms with van der Waals surface area (Å²) in [6.45, 7) is 6.04. The van der Waals surface area contributed by atoms with Crippen LogP contribution in [0.5, 0.6) is 5.75 Å². The number of benzene rings is 1. The van der Waals surface area contributed by atoms with E-state index in [0.29, 0.717) is 5.92 Å². The fourth-order valence-electron chi connectivity index (χ4n) is 2.56. The second kappa shape index (κ2) is 7.02. The lowest BCUT2D eigenvalue weighted by molar-refractivity contribution is -0.131. The molecule has 0 aromatic heterocycles. The molecule has 0 aliphatic carbocycles. The van der Waals surface area contributed by atoms with Gasteiger partial charge in [-0.15, -0.1) is 11.8 Å². The van der Waals surface area contributed by atoms with Crippen molar-refractivity contribution < 1.29 is 9.53 Å². The van der Waals surface area contributed by atoms with Gasteiger partial charge in [0.1, 0.15) is 5.75 Å². The van der Waals surface area contributed by atoms with Crippen molar-refractivity contribution in [1.82, 2.24) is 4.90 Å². The van der Waals surface area contributed by atoms with Gasteiger partial charge in [0.05, 0.1) is 12.4 Å². The molecule has 20 heavy (non-hydrogen) atoms. The summed E-state index contributed by atoms with van der Waals surface area (Å²) in [7, 11) is 1.66. The number of amides is 1. The molecule has 110 valence electrons. The predicted octanol–water partition coefficient (Wildman–Crippen LogP) is 3.43. The van der Waals surface area contributed by atoms with E-state index in [-0.39, 0.29) is 11.2 Å². The standard InChI is InChI=1S/C16H23NO2S/c1-12-5-4-10-17(11-12)16(18)13(2)20-15-8-6-14(19-3)7-9-15/h6-9,12-13H,4-5,10-11H2,1-3H3/t12-,13-/m0/s1. The van der Waals surface area contributed by atoms with E-state index >= 15 is 0 Å². The van der Waals surface area contributed by atoms with Crippen molar-refractivity contribution >= 4 is 17.7 Å². The van der Waals surface area contributed by atoms with Crippen LogP contribution in [0.1, 0.15) is 26.7 Å². The Morgan fingerprint density at radius 1 is 1.40 bits per heavy atom. The van der Waals surface area contributed by atoms with Crippen molar-refractivity contribution in [3.05, 3.63) is 24.3 Å². The Morgan fingerprint density at radius 3 is 2.70 bits per heavy atom. The summed E-state index contributed by atoms with van der Waals surface area (Å²) in [5, 5.41) is -0.0336. The lowest BCUT2D eigenvalue weighted by Gasteiger charge is -2.32. The zero-order chi connectivity index (χ0) is 14.5. The predicted molar refractivity (Wildman–Crippen MR) is 83.3 cm³/mol. The van der Waals surface area contributed by atoms with Gasteiger partial charge in [-0.25, -0.2) is 0 Å². The van der Waals surface area contributed by atoms with E-state index in [1.807, 2.05) is 36.1 Å². The Kier molecular flexibility index (Phi) is 5.35. The number of thioether (sulfide) groups is 1. The molecule has 0 N–H and O–H groups in total. The largest absolute Gasteiger partial charge is 0.497 e. The van der Waals surface area contributed by atoms with Crippen LogP contribution in [0.15, 0.2) is 29.2 Å². The molecule has 0 bridgehead atoms. The number of likely N-dealkylation sites (tertiary alicyclic amines) is 1. The third kappa shape index (κ3) is 3.92. The number of rotatable bonds is 4.